The van der Waals surface area contributed by atoms with Gasteiger partial charge in [-0.1, -0.05) is 86.7 Å². The van der Waals surface area contributed by atoms with E-state index in [1.807, 2.05) is 54.6 Å². The summed E-state index contributed by atoms with van der Waals surface area (Å²) < 4.78 is 46.7. The van der Waals surface area contributed by atoms with Gasteiger partial charge in [0.15, 0.2) is 0 Å². The molecule has 7 heteroatoms. The van der Waals surface area contributed by atoms with Gasteiger partial charge in [-0.15, -0.1) is 13.2 Å². The van der Waals surface area contributed by atoms with Crippen molar-refractivity contribution >= 4 is 18.1 Å². The number of esters is 1. The molecular formula is C28H24F3NO3. The number of nitrogens with zero attached hydrogens (tertiary/aromatic N) is 1. The van der Waals surface area contributed by atoms with E-state index >= 15 is 0 Å². The topological polar surface area (TPSA) is 59.3 Å². The van der Waals surface area contributed by atoms with E-state index in [9.17, 15) is 23.2 Å². The number of alkyl halides is 3. The van der Waals surface area contributed by atoms with Gasteiger partial charge in [0.2, 0.25) is 6.10 Å². The highest BCUT2D eigenvalue weighted by molar-refractivity contribution is 5.79. The van der Waals surface area contributed by atoms with E-state index < -0.39 is 24.4 Å². The Bertz CT molecular complexity index is 1200. The van der Waals surface area contributed by atoms with Gasteiger partial charge >= 0.3 is 12.3 Å². The Balaban J connectivity index is 1.76. The Morgan fingerprint density at radius 2 is 1.51 bits per heavy atom. The van der Waals surface area contributed by atoms with Crippen LogP contribution in [0.3, 0.4) is 0 Å². The maximum absolute atomic E-state index is 13.0. The van der Waals surface area contributed by atoms with E-state index in [-0.39, 0.29) is 11.7 Å². The number of carbonyl (C=O) groups excluding carboxylic acids is 1. The van der Waals surface area contributed by atoms with Crippen LogP contribution in [0.4, 0.5) is 13.2 Å². The molecule has 0 heterocycles. The van der Waals surface area contributed by atoms with Crippen molar-refractivity contribution in [1.82, 2.24) is 0 Å². The summed E-state index contributed by atoms with van der Waals surface area (Å²) in [5, 5.41) is 9.69. The summed E-state index contributed by atoms with van der Waals surface area (Å²) in [5.74, 6) is -2.02. The predicted octanol–water partition coefficient (Wildman–Crippen LogP) is 7.30. The summed E-state index contributed by atoms with van der Waals surface area (Å²) in [4.78, 5) is 13.0. The number of rotatable bonds is 8. The first-order valence-corrected chi connectivity index (χ1v) is 10.9. The minimum Gasteiger partial charge on any atom is -0.441 e. The van der Waals surface area contributed by atoms with E-state index in [2.05, 4.69) is 4.74 Å². The van der Waals surface area contributed by atoms with E-state index in [1.54, 1.807) is 32.0 Å². The maximum Gasteiger partial charge on any atom is 0.573 e. The summed E-state index contributed by atoms with van der Waals surface area (Å²) in [6, 6.07) is 24.0. The Labute approximate surface area is 202 Å². The Kier molecular flexibility index (Phi) is 8.32. The van der Waals surface area contributed by atoms with Gasteiger partial charge in [-0.3, -0.25) is 4.79 Å². The fourth-order valence-electron chi connectivity index (χ4n) is 3.61. The highest BCUT2D eigenvalue weighted by Crippen LogP contribution is 2.31. The van der Waals surface area contributed by atoms with Gasteiger partial charge in [-0.2, -0.15) is 5.26 Å². The van der Waals surface area contributed by atoms with Gasteiger partial charge in [0.1, 0.15) is 11.8 Å². The van der Waals surface area contributed by atoms with Crippen LogP contribution in [0.15, 0.2) is 78.9 Å². The van der Waals surface area contributed by atoms with Crippen LogP contribution in [-0.4, -0.2) is 12.3 Å². The highest BCUT2D eigenvalue weighted by Gasteiger charge is 2.32. The molecule has 2 unspecified atom stereocenters. The molecule has 2 atom stereocenters. The third-order valence-electron chi connectivity index (χ3n) is 5.23. The predicted molar refractivity (Wildman–Crippen MR) is 127 cm³/mol. The standard InChI is InChI=1S/C28H24F3NO3/c1-19(2)26(22-13-15-24(16-14-22)35-28(29,30)31)27(33)34-25(18-32)23-10-6-9-21(17-23)12-11-20-7-4-3-5-8-20/h3-17,19,25-26H,1-2H3. The van der Waals surface area contributed by atoms with Crippen molar-refractivity contribution in [2.75, 3.05) is 0 Å². The molecule has 0 aromatic heterocycles. The summed E-state index contributed by atoms with van der Waals surface area (Å²) >= 11 is 0. The van der Waals surface area contributed by atoms with Crippen LogP contribution in [0, 0.1) is 17.2 Å². The lowest BCUT2D eigenvalue weighted by Gasteiger charge is -2.22. The van der Waals surface area contributed by atoms with Crippen molar-refractivity contribution in [1.29, 1.82) is 5.26 Å². The molecule has 0 amide bonds. The van der Waals surface area contributed by atoms with Crippen LogP contribution in [-0.2, 0) is 9.53 Å². The third kappa shape index (κ3) is 7.47. The van der Waals surface area contributed by atoms with E-state index in [0.29, 0.717) is 11.1 Å². The molecule has 3 rings (SSSR count). The number of ether oxygens (including phenoxy) is 2. The monoisotopic (exact) mass is 479 g/mol. The van der Waals surface area contributed by atoms with E-state index in [1.165, 1.54) is 12.1 Å². The number of hydrogen-bond donors (Lipinski definition) is 0. The van der Waals surface area contributed by atoms with Crippen molar-refractivity contribution in [3.05, 3.63) is 101 Å². The molecule has 0 aliphatic carbocycles. The lowest BCUT2D eigenvalue weighted by Crippen LogP contribution is -2.23. The molecule has 0 aliphatic rings. The molecule has 3 aromatic rings. The van der Waals surface area contributed by atoms with E-state index in [4.69, 9.17) is 4.74 Å². The first kappa shape index (κ1) is 25.6. The quantitative estimate of drug-likeness (QED) is 0.251. The van der Waals surface area contributed by atoms with Crippen LogP contribution in [0.25, 0.3) is 12.2 Å². The van der Waals surface area contributed by atoms with Gasteiger partial charge < -0.3 is 9.47 Å². The SMILES string of the molecule is CC(C)C(C(=O)OC(C#N)c1cccc(C=Cc2ccccc2)c1)c1ccc(OC(F)(F)F)cc1. The van der Waals surface area contributed by atoms with Crippen molar-refractivity contribution in [3.63, 3.8) is 0 Å². The molecule has 0 radical (unpaired) electrons. The van der Waals surface area contributed by atoms with Crippen molar-refractivity contribution in [2.45, 2.75) is 32.2 Å². The highest BCUT2D eigenvalue weighted by atomic mass is 19.4. The average Bonchev–Trinajstić information content (AvgIpc) is 2.82. The fourth-order valence-corrected chi connectivity index (χ4v) is 3.61. The maximum atomic E-state index is 13.0. The molecule has 0 saturated heterocycles. The van der Waals surface area contributed by atoms with Gasteiger partial charge in [0.25, 0.3) is 0 Å². The molecule has 180 valence electrons. The second kappa shape index (κ2) is 11.4. The Morgan fingerprint density at radius 1 is 0.886 bits per heavy atom. The molecule has 0 fully saturated rings. The van der Waals surface area contributed by atoms with Gasteiger partial charge in [-0.05, 0) is 40.8 Å². The Hall–Kier alpha value is -4.05. The fraction of sp³-hybridized carbons (Fsp3) is 0.214. The molecule has 0 aliphatic heterocycles. The second-order valence-electron chi connectivity index (χ2n) is 8.20. The minimum absolute atomic E-state index is 0.226. The summed E-state index contributed by atoms with van der Waals surface area (Å²) in [5.41, 5.74) is 2.85. The average molecular weight is 479 g/mol. The van der Waals surface area contributed by atoms with Crippen LogP contribution in [0.5, 0.6) is 5.75 Å². The molecule has 4 nitrogen and oxygen atoms in total. The summed E-state index contributed by atoms with van der Waals surface area (Å²) in [6.45, 7) is 3.59. The van der Waals surface area contributed by atoms with Gasteiger partial charge in [-0.25, -0.2) is 0 Å². The first-order valence-electron chi connectivity index (χ1n) is 10.9. The van der Waals surface area contributed by atoms with Crippen molar-refractivity contribution in [2.24, 2.45) is 5.92 Å². The zero-order chi connectivity index (χ0) is 25.4. The molecule has 0 N–H and O–H groups in total. The van der Waals surface area contributed by atoms with Crippen LogP contribution in [0.2, 0.25) is 0 Å². The Morgan fingerprint density at radius 3 is 2.11 bits per heavy atom. The van der Waals surface area contributed by atoms with Crippen molar-refractivity contribution < 1.29 is 27.4 Å². The van der Waals surface area contributed by atoms with Crippen molar-refractivity contribution in [3.8, 4) is 11.8 Å². The van der Waals surface area contributed by atoms with Gasteiger partial charge in [0, 0.05) is 5.56 Å². The molecule has 3 aromatic carbocycles. The zero-order valence-electron chi connectivity index (χ0n) is 19.2. The first-order chi connectivity index (χ1) is 16.7. The molecule has 0 saturated carbocycles. The third-order valence-corrected chi connectivity index (χ3v) is 5.23. The second-order valence-corrected chi connectivity index (χ2v) is 8.20. The number of nitriles is 1. The lowest BCUT2D eigenvalue weighted by molar-refractivity contribution is -0.274. The molecule has 35 heavy (non-hydrogen) atoms. The van der Waals surface area contributed by atoms with Gasteiger partial charge in [0.05, 0.1) is 5.92 Å². The molecular weight excluding hydrogens is 455 g/mol. The number of carbonyl (C=O) groups is 1. The number of hydrogen-bond acceptors (Lipinski definition) is 4. The van der Waals surface area contributed by atoms with Crippen LogP contribution in [0.1, 0.15) is 48.1 Å². The number of halogens is 3. The number of benzene rings is 3. The smallest absolute Gasteiger partial charge is 0.441 e. The molecule has 0 spiro atoms. The normalized spacial score (nSPS) is 13.3. The summed E-state index contributed by atoms with van der Waals surface area (Å²) in [6.07, 6.45) is -2.10. The minimum atomic E-state index is -4.80. The summed E-state index contributed by atoms with van der Waals surface area (Å²) in [7, 11) is 0. The van der Waals surface area contributed by atoms with E-state index in [0.717, 1.165) is 23.3 Å². The zero-order valence-corrected chi connectivity index (χ0v) is 19.2. The van der Waals surface area contributed by atoms with Crippen LogP contribution < -0.4 is 4.74 Å². The largest absolute Gasteiger partial charge is 0.573 e. The lowest BCUT2D eigenvalue weighted by atomic mass is 9.88. The molecule has 0 bridgehead atoms. The van der Waals surface area contributed by atoms with Crippen LogP contribution >= 0.6 is 0 Å².